The molecule has 1 heterocycles. The number of aryl methyl sites for hydroxylation is 1. The summed E-state index contributed by atoms with van der Waals surface area (Å²) in [4.78, 5) is 10.9. The summed E-state index contributed by atoms with van der Waals surface area (Å²) < 4.78 is 0.807. The van der Waals surface area contributed by atoms with Crippen LogP contribution in [-0.2, 0) is 6.42 Å². The van der Waals surface area contributed by atoms with Crippen molar-refractivity contribution in [1.29, 1.82) is 5.26 Å². The molecular formula is C12H17BrN4. The predicted molar refractivity (Wildman–Crippen MR) is 71.8 cm³/mol. The first-order valence-electron chi connectivity index (χ1n) is 5.86. The molecule has 0 saturated carbocycles. The zero-order chi connectivity index (χ0) is 12.7. The molecule has 0 radical (unpaired) electrons. The second kappa shape index (κ2) is 7.23. The van der Waals surface area contributed by atoms with Gasteiger partial charge in [0.05, 0.1) is 12.5 Å². The van der Waals surface area contributed by atoms with Crippen molar-refractivity contribution in [3.63, 3.8) is 0 Å². The van der Waals surface area contributed by atoms with Gasteiger partial charge in [0.2, 0.25) is 0 Å². The smallest absolute Gasteiger partial charge is 0.133 e. The van der Waals surface area contributed by atoms with E-state index in [1.54, 1.807) is 0 Å². The Labute approximate surface area is 111 Å². The van der Waals surface area contributed by atoms with Crippen molar-refractivity contribution in [3.05, 3.63) is 16.5 Å². The minimum absolute atomic E-state index is 0.512. The van der Waals surface area contributed by atoms with Crippen LogP contribution in [0.2, 0.25) is 0 Å². The van der Waals surface area contributed by atoms with E-state index in [1.165, 1.54) is 0 Å². The predicted octanol–water partition coefficient (Wildman–Crippen LogP) is 2.93. The average Bonchev–Trinajstić information content (AvgIpc) is 2.30. The highest BCUT2D eigenvalue weighted by molar-refractivity contribution is 9.10. The van der Waals surface area contributed by atoms with Gasteiger partial charge in [-0.1, -0.05) is 6.92 Å². The van der Waals surface area contributed by atoms with Crippen LogP contribution in [0.4, 0.5) is 5.82 Å². The molecule has 17 heavy (non-hydrogen) atoms. The number of rotatable bonds is 6. The van der Waals surface area contributed by atoms with Crippen LogP contribution in [0.25, 0.3) is 0 Å². The monoisotopic (exact) mass is 296 g/mol. The number of halogens is 1. The van der Waals surface area contributed by atoms with Gasteiger partial charge in [-0.05, 0) is 29.3 Å². The molecule has 0 fully saturated rings. The number of hydrogen-bond donors (Lipinski definition) is 0. The molecule has 0 aliphatic rings. The largest absolute Gasteiger partial charge is 0.356 e. The van der Waals surface area contributed by atoms with E-state index < -0.39 is 0 Å². The third-order valence-electron chi connectivity index (χ3n) is 2.40. The van der Waals surface area contributed by atoms with Crippen LogP contribution in [-0.4, -0.2) is 23.1 Å². The van der Waals surface area contributed by atoms with Gasteiger partial charge in [0, 0.05) is 25.6 Å². The second-order valence-electron chi connectivity index (χ2n) is 3.70. The van der Waals surface area contributed by atoms with Gasteiger partial charge in [-0.3, -0.25) is 0 Å². The Morgan fingerprint density at radius 2 is 2.18 bits per heavy atom. The van der Waals surface area contributed by atoms with Crippen LogP contribution in [0.3, 0.4) is 0 Å². The molecule has 0 N–H and O–H groups in total. The fourth-order valence-electron chi connectivity index (χ4n) is 1.57. The van der Waals surface area contributed by atoms with Crippen molar-refractivity contribution < 1.29 is 0 Å². The summed E-state index contributed by atoms with van der Waals surface area (Å²) in [5.41, 5.74) is 0. The molecule has 0 aliphatic carbocycles. The summed E-state index contributed by atoms with van der Waals surface area (Å²) in [6, 6.07) is 4.06. The van der Waals surface area contributed by atoms with Gasteiger partial charge < -0.3 is 4.90 Å². The molecule has 0 bridgehead atoms. The summed E-state index contributed by atoms with van der Waals surface area (Å²) in [6.45, 7) is 5.73. The Morgan fingerprint density at radius 3 is 2.76 bits per heavy atom. The summed E-state index contributed by atoms with van der Waals surface area (Å²) >= 11 is 3.41. The maximum Gasteiger partial charge on any atom is 0.133 e. The molecule has 5 heteroatoms. The van der Waals surface area contributed by atoms with Crippen LogP contribution in [0.5, 0.6) is 0 Å². The highest BCUT2D eigenvalue weighted by Gasteiger charge is 2.08. The third kappa shape index (κ3) is 4.31. The molecule has 1 rings (SSSR count). The molecule has 0 aliphatic heterocycles. The van der Waals surface area contributed by atoms with Gasteiger partial charge in [0.15, 0.2) is 0 Å². The lowest BCUT2D eigenvalue weighted by atomic mass is 10.3. The van der Waals surface area contributed by atoms with Crippen molar-refractivity contribution in [1.82, 2.24) is 9.97 Å². The average molecular weight is 297 g/mol. The van der Waals surface area contributed by atoms with Gasteiger partial charge >= 0.3 is 0 Å². The van der Waals surface area contributed by atoms with Crippen LogP contribution in [0.15, 0.2) is 10.7 Å². The number of aromatic nitrogens is 2. The molecule has 92 valence electrons. The van der Waals surface area contributed by atoms with Crippen molar-refractivity contribution in [3.8, 4) is 6.07 Å². The SMILES string of the molecule is CCCc1nc(Br)cc(N(CC)CCC#N)n1. The molecule has 4 nitrogen and oxygen atoms in total. The molecular weight excluding hydrogens is 280 g/mol. The first kappa shape index (κ1) is 13.9. The number of hydrogen-bond acceptors (Lipinski definition) is 4. The molecule has 1 aromatic rings. The van der Waals surface area contributed by atoms with Gasteiger partial charge in [-0.15, -0.1) is 0 Å². The zero-order valence-corrected chi connectivity index (χ0v) is 11.9. The van der Waals surface area contributed by atoms with E-state index in [1.807, 2.05) is 6.07 Å². The van der Waals surface area contributed by atoms with Gasteiger partial charge in [-0.25, -0.2) is 9.97 Å². The molecule has 1 aromatic heterocycles. The Kier molecular flexibility index (Phi) is 5.92. The van der Waals surface area contributed by atoms with Crippen molar-refractivity contribution in [2.75, 3.05) is 18.0 Å². The van der Waals surface area contributed by atoms with E-state index in [2.05, 4.69) is 50.7 Å². The van der Waals surface area contributed by atoms with E-state index >= 15 is 0 Å². The highest BCUT2D eigenvalue weighted by Crippen LogP contribution is 2.17. The first-order chi connectivity index (χ1) is 8.21. The van der Waals surface area contributed by atoms with Crippen LogP contribution in [0.1, 0.15) is 32.5 Å². The van der Waals surface area contributed by atoms with Crippen molar-refractivity contribution in [2.24, 2.45) is 0 Å². The maximum atomic E-state index is 8.63. The molecule has 0 spiro atoms. The lowest BCUT2D eigenvalue weighted by Gasteiger charge is -2.21. The topological polar surface area (TPSA) is 52.8 Å². The van der Waals surface area contributed by atoms with Crippen molar-refractivity contribution >= 4 is 21.7 Å². The van der Waals surface area contributed by atoms with E-state index in [0.29, 0.717) is 13.0 Å². The second-order valence-corrected chi connectivity index (χ2v) is 4.52. The van der Waals surface area contributed by atoms with Crippen LogP contribution >= 0.6 is 15.9 Å². The molecule has 0 atom stereocenters. The number of anilines is 1. The fourth-order valence-corrected chi connectivity index (χ4v) is 1.98. The lowest BCUT2D eigenvalue weighted by molar-refractivity contribution is 0.776. The van der Waals surface area contributed by atoms with Gasteiger partial charge in [0.25, 0.3) is 0 Å². The van der Waals surface area contributed by atoms with Crippen molar-refractivity contribution in [2.45, 2.75) is 33.1 Å². The van der Waals surface area contributed by atoms with Gasteiger partial charge in [-0.2, -0.15) is 5.26 Å². The van der Waals surface area contributed by atoms with Crippen LogP contribution < -0.4 is 4.90 Å². The lowest BCUT2D eigenvalue weighted by Crippen LogP contribution is -2.25. The quantitative estimate of drug-likeness (QED) is 0.758. The maximum absolute atomic E-state index is 8.63. The summed E-state index contributed by atoms with van der Waals surface area (Å²) in [5.74, 6) is 1.75. The minimum atomic E-state index is 0.512. The number of nitriles is 1. The summed E-state index contributed by atoms with van der Waals surface area (Å²) in [7, 11) is 0. The first-order valence-corrected chi connectivity index (χ1v) is 6.65. The van der Waals surface area contributed by atoms with E-state index in [4.69, 9.17) is 5.26 Å². The molecule has 0 amide bonds. The normalized spacial score (nSPS) is 10.0. The Hall–Kier alpha value is -1.15. The summed E-state index contributed by atoms with van der Waals surface area (Å²) in [5, 5.41) is 8.63. The Morgan fingerprint density at radius 1 is 1.41 bits per heavy atom. The van der Waals surface area contributed by atoms with Gasteiger partial charge in [0.1, 0.15) is 16.2 Å². The van der Waals surface area contributed by atoms with E-state index in [-0.39, 0.29) is 0 Å². The third-order valence-corrected chi connectivity index (χ3v) is 2.81. The van der Waals surface area contributed by atoms with E-state index in [0.717, 1.165) is 35.6 Å². The Balaban J connectivity index is 2.90. The Bertz CT molecular complexity index is 400. The molecule has 0 unspecified atom stereocenters. The van der Waals surface area contributed by atoms with Crippen LogP contribution in [0, 0.1) is 11.3 Å². The summed E-state index contributed by atoms with van der Waals surface area (Å²) in [6.07, 6.45) is 2.42. The fraction of sp³-hybridized carbons (Fsp3) is 0.583. The molecule has 0 aromatic carbocycles. The standard InChI is InChI=1S/C12H17BrN4/c1-3-6-11-15-10(13)9-12(16-11)17(4-2)8-5-7-14/h9H,3-6,8H2,1-2H3. The van der Waals surface area contributed by atoms with E-state index in [9.17, 15) is 0 Å². The highest BCUT2D eigenvalue weighted by atomic mass is 79.9. The number of nitrogens with zero attached hydrogens (tertiary/aromatic N) is 4. The minimum Gasteiger partial charge on any atom is -0.356 e. The molecule has 0 saturated heterocycles. The zero-order valence-electron chi connectivity index (χ0n) is 10.3.